The molecule has 3 aliphatic rings. The highest BCUT2D eigenvalue weighted by atomic mass is 16.6. The Morgan fingerprint density at radius 3 is 2.49 bits per heavy atom. The van der Waals surface area contributed by atoms with E-state index in [1.165, 1.54) is 0 Å². The fourth-order valence-electron chi connectivity index (χ4n) is 6.80. The number of fused-ring (bicyclic) bond motifs is 3. The van der Waals surface area contributed by atoms with E-state index >= 15 is 0 Å². The lowest BCUT2D eigenvalue weighted by Gasteiger charge is -2.59. The average molecular weight is 480 g/mol. The molecule has 0 spiro atoms. The van der Waals surface area contributed by atoms with Crippen LogP contribution in [0, 0.1) is 22.7 Å². The predicted molar refractivity (Wildman–Crippen MR) is 130 cm³/mol. The van der Waals surface area contributed by atoms with E-state index in [4.69, 9.17) is 14.2 Å². The van der Waals surface area contributed by atoms with Crippen molar-refractivity contribution in [3.63, 3.8) is 0 Å². The zero-order valence-electron chi connectivity index (χ0n) is 20.2. The Labute approximate surface area is 205 Å². The van der Waals surface area contributed by atoms with Crippen LogP contribution in [0.4, 0.5) is 10.5 Å². The number of ether oxygens (including phenoxy) is 3. The third kappa shape index (κ3) is 4.38. The zero-order valence-corrected chi connectivity index (χ0v) is 20.2. The van der Waals surface area contributed by atoms with Gasteiger partial charge in [-0.15, -0.1) is 0 Å². The molecule has 0 bridgehead atoms. The number of benzene rings is 2. The number of aliphatic hydroxyl groups excluding tert-OH is 1. The summed E-state index contributed by atoms with van der Waals surface area (Å²) in [7, 11) is 0. The Morgan fingerprint density at radius 1 is 1.06 bits per heavy atom. The monoisotopic (exact) mass is 479 g/mol. The van der Waals surface area contributed by atoms with Gasteiger partial charge in [-0.25, -0.2) is 4.79 Å². The third-order valence-electron chi connectivity index (χ3n) is 8.65. The summed E-state index contributed by atoms with van der Waals surface area (Å²) in [5.41, 5.74) is -0.116. The molecule has 7 nitrogen and oxygen atoms in total. The van der Waals surface area contributed by atoms with Crippen LogP contribution < -0.4 is 10.1 Å². The number of anilines is 1. The van der Waals surface area contributed by atoms with Gasteiger partial charge in [0.15, 0.2) is 0 Å². The first-order valence-electron chi connectivity index (χ1n) is 12.4. The van der Waals surface area contributed by atoms with E-state index < -0.39 is 17.6 Å². The Kier molecular flexibility index (Phi) is 6.21. The maximum Gasteiger partial charge on any atom is 0.411 e. The quantitative estimate of drug-likeness (QED) is 0.547. The third-order valence-corrected chi connectivity index (χ3v) is 8.65. The molecule has 2 aromatic rings. The van der Waals surface area contributed by atoms with Crippen molar-refractivity contribution in [2.75, 3.05) is 11.9 Å². The van der Waals surface area contributed by atoms with Gasteiger partial charge in [0.1, 0.15) is 23.7 Å². The van der Waals surface area contributed by atoms with E-state index in [1.807, 2.05) is 37.3 Å². The van der Waals surface area contributed by atoms with Crippen molar-refractivity contribution in [1.29, 1.82) is 0 Å². The van der Waals surface area contributed by atoms with Crippen molar-refractivity contribution < 1.29 is 28.9 Å². The van der Waals surface area contributed by atoms with E-state index in [-0.39, 0.29) is 35.9 Å². The number of hydrogen-bond acceptors (Lipinski definition) is 6. The number of nitrogens with one attached hydrogen (secondary N) is 1. The van der Waals surface area contributed by atoms with E-state index in [2.05, 4.69) is 12.2 Å². The fourth-order valence-corrected chi connectivity index (χ4v) is 6.80. The van der Waals surface area contributed by atoms with Crippen LogP contribution in [-0.2, 0) is 14.3 Å². The lowest BCUT2D eigenvalue weighted by atomic mass is 9.46. The summed E-state index contributed by atoms with van der Waals surface area (Å²) >= 11 is 0. The molecule has 0 unspecified atom stereocenters. The number of hydrogen-bond donors (Lipinski definition) is 2. The number of carbonyl (C=O) groups is 2. The largest absolute Gasteiger partial charge is 0.462 e. The smallest absolute Gasteiger partial charge is 0.411 e. The highest BCUT2D eigenvalue weighted by Crippen LogP contribution is 2.62. The Morgan fingerprint density at radius 2 is 1.77 bits per heavy atom. The molecule has 2 aromatic carbocycles. The molecule has 186 valence electrons. The van der Waals surface area contributed by atoms with Gasteiger partial charge in [0.2, 0.25) is 0 Å². The molecule has 1 amide bonds. The second-order valence-electron chi connectivity index (χ2n) is 10.6. The van der Waals surface area contributed by atoms with Crippen molar-refractivity contribution in [3.05, 3.63) is 54.6 Å². The number of para-hydroxylation sites is 1. The molecule has 6 atom stereocenters. The minimum Gasteiger partial charge on any atom is -0.462 e. The molecule has 5 rings (SSSR count). The maximum absolute atomic E-state index is 12.8. The Balaban J connectivity index is 1.24. The lowest BCUT2D eigenvalue weighted by Crippen LogP contribution is -2.59. The van der Waals surface area contributed by atoms with Crippen molar-refractivity contribution in [1.82, 2.24) is 0 Å². The van der Waals surface area contributed by atoms with Crippen LogP contribution in [-0.4, -0.2) is 36.0 Å². The molecule has 2 N–H and O–H groups in total. The van der Waals surface area contributed by atoms with Gasteiger partial charge in [-0.1, -0.05) is 32.0 Å². The summed E-state index contributed by atoms with van der Waals surface area (Å²) in [6.45, 7) is 4.16. The van der Waals surface area contributed by atoms with Gasteiger partial charge in [-0.3, -0.25) is 10.1 Å². The second-order valence-corrected chi connectivity index (χ2v) is 10.6. The van der Waals surface area contributed by atoms with Gasteiger partial charge in [-0.2, -0.15) is 0 Å². The average Bonchev–Trinajstić information content (AvgIpc) is 3.25. The summed E-state index contributed by atoms with van der Waals surface area (Å²) in [5, 5.41) is 13.3. The van der Waals surface area contributed by atoms with Crippen LogP contribution in [0.15, 0.2) is 54.6 Å². The first-order chi connectivity index (χ1) is 16.8. The van der Waals surface area contributed by atoms with Crippen LogP contribution in [0.3, 0.4) is 0 Å². The predicted octanol–water partition coefficient (Wildman–Crippen LogP) is 5.54. The van der Waals surface area contributed by atoms with E-state index in [0.29, 0.717) is 24.3 Å². The number of rotatable bonds is 5. The second kappa shape index (κ2) is 9.19. The van der Waals surface area contributed by atoms with Gasteiger partial charge in [0.05, 0.1) is 13.0 Å². The zero-order chi connectivity index (χ0) is 24.6. The van der Waals surface area contributed by atoms with E-state index in [9.17, 15) is 14.7 Å². The number of carbonyl (C=O) groups excluding carboxylic acids is 2. The standard InChI is InChI=1S/C28H33NO6/c1-27-15-14-24(28(2,17-30)23(27)13-12-22-21(27)16-25(31)34-22)35-26(32)29-18-8-10-20(11-9-18)33-19-6-4-3-5-7-19/h3-11,21-24,30H,12-17H2,1-2H3,(H,29,32)/t21-,22-,23+,24-,27+,28+/m1/s1. The Hall–Kier alpha value is -3.06. The van der Waals surface area contributed by atoms with Crippen LogP contribution in [0.5, 0.6) is 11.5 Å². The first kappa shape index (κ1) is 23.7. The van der Waals surface area contributed by atoms with Gasteiger partial charge in [0, 0.05) is 17.0 Å². The molecule has 0 aromatic heterocycles. The SMILES string of the molecule is C[C@]1(CO)[C@H]2CC[C@H]3OC(=O)C[C@H]3[C@]2(C)CC[C@H]1OC(=O)Nc1ccc(Oc2ccccc2)cc1. The van der Waals surface area contributed by atoms with Crippen molar-refractivity contribution >= 4 is 17.7 Å². The molecule has 2 saturated carbocycles. The van der Waals surface area contributed by atoms with E-state index in [0.717, 1.165) is 25.0 Å². The van der Waals surface area contributed by atoms with Gasteiger partial charge in [-0.05, 0) is 73.4 Å². The molecule has 1 aliphatic heterocycles. The minimum atomic E-state index is -0.589. The number of esters is 1. The molecular weight excluding hydrogens is 446 g/mol. The van der Waals surface area contributed by atoms with Crippen molar-refractivity contribution in [3.8, 4) is 11.5 Å². The number of aliphatic hydroxyl groups is 1. The highest BCUT2D eigenvalue weighted by molar-refractivity contribution is 5.84. The molecule has 1 saturated heterocycles. The first-order valence-corrected chi connectivity index (χ1v) is 12.4. The van der Waals surface area contributed by atoms with E-state index in [1.54, 1.807) is 24.3 Å². The summed E-state index contributed by atoms with van der Waals surface area (Å²) in [6, 6.07) is 16.6. The van der Waals surface area contributed by atoms with Crippen LogP contribution in [0.2, 0.25) is 0 Å². The van der Waals surface area contributed by atoms with Crippen LogP contribution in [0.25, 0.3) is 0 Å². The van der Waals surface area contributed by atoms with Crippen LogP contribution in [0.1, 0.15) is 46.0 Å². The molecule has 1 heterocycles. The van der Waals surface area contributed by atoms with Gasteiger partial charge in [0.25, 0.3) is 0 Å². The lowest BCUT2D eigenvalue weighted by molar-refractivity contribution is -0.174. The Bertz CT molecular complexity index is 1070. The fraction of sp³-hybridized carbons (Fsp3) is 0.500. The molecule has 7 heteroatoms. The normalized spacial score (nSPS) is 33.7. The highest BCUT2D eigenvalue weighted by Gasteiger charge is 2.62. The minimum absolute atomic E-state index is 0.0266. The van der Waals surface area contributed by atoms with Gasteiger partial charge < -0.3 is 19.3 Å². The molecular formula is C28H33NO6. The van der Waals surface area contributed by atoms with Crippen LogP contribution >= 0.6 is 0 Å². The molecule has 3 fully saturated rings. The van der Waals surface area contributed by atoms with Crippen molar-refractivity contribution in [2.24, 2.45) is 22.7 Å². The molecule has 0 radical (unpaired) electrons. The van der Waals surface area contributed by atoms with Crippen molar-refractivity contribution in [2.45, 2.75) is 58.2 Å². The maximum atomic E-state index is 12.8. The topological polar surface area (TPSA) is 94.1 Å². The number of amides is 1. The molecule has 35 heavy (non-hydrogen) atoms. The summed E-state index contributed by atoms with van der Waals surface area (Å²) < 4.78 is 17.3. The summed E-state index contributed by atoms with van der Waals surface area (Å²) in [6.07, 6.45) is 2.56. The van der Waals surface area contributed by atoms with Gasteiger partial charge >= 0.3 is 12.1 Å². The summed E-state index contributed by atoms with van der Waals surface area (Å²) in [5.74, 6) is 1.58. The molecule has 2 aliphatic carbocycles. The summed E-state index contributed by atoms with van der Waals surface area (Å²) in [4.78, 5) is 24.8.